The fraction of sp³-hybridized carbons (Fsp3) is 0.471. The molecule has 84 heavy (non-hydrogen) atoms. The van der Waals surface area contributed by atoms with Gasteiger partial charge in [-0.1, -0.05) is 63.9 Å². The minimum absolute atomic E-state index is 0.0262. The fourth-order valence-corrected chi connectivity index (χ4v) is 10.9. The molecule has 6 atom stereocenters. The molecule has 16 heteroatoms. The zero-order valence-electron chi connectivity index (χ0n) is 51.0. The number of hydrogen-bond donors (Lipinski definition) is 5. The molecule has 0 amide bonds. The van der Waals surface area contributed by atoms with Crippen LogP contribution in [0, 0.1) is 51.4 Å². The van der Waals surface area contributed by atoms with Crippen molar-refractivity contribution < 1.29 is 58.8 Å². The fourth-order valence-electron chi connectivity index (χ4n) is 10.7. The van der Waals surface area contributed by atoms with Gasteiger partial charge in [0.25, 0.3) is 0 Å². The van der Waals surface area contributed by atoms with Crippen molar-refractivity contribution in [1.82, 2.24) is 9.97 Å². The van der Waals surface area contributed by atoms with E-state index in [1.165, 1.54) is 27.8 Å². The predicted molar refractivity (Wildman–Crippen MR) is 330 cm³/mol. The molecule has 4 aliphatic rings. The van der Waals surface area contributed by atoms with Gasteiger partial charge in [0, 0.05) is 53.7 Å². The van der Waals surface area contributed by atoms with Gasteiger partial charge >= 0.3 is 11.9 Å². The standard InChI is InChI=1S/C30H33NO5.C19H18BNO3.C13H19BrO2.C6H14O2/c1-17-10-22(35-9-8-30(3,4)34)11-18(2)26(17)20-7-5-6-19(12-20)16-36-25-14-21-13-23-27(24(21)15-31-25)28(23)29(32)33;1-2-23-19(22)18-14-7-12-8-16(21-9-15(12)17(14)18)24-10-11-4-3-5-13(20)6-11;1-9-7-11(8-10(2)12(9)14)16-6-5-13(3,4)15;1-5(2,7)6(3,4)8/h5-7,10-12,14-15,23,27-28,34H,8-9,13,16H2,1-4H3,(H,32,33);3-6,8-9,14,17-18H,2,7,10H2,1H3;7-8,15H,5-6H2,1-4H3;7-8H,1-4H3/t23-,27-,28+;14-,17-,18+;;/m11../s1. The highest BCUT2D eigenvalue weighted by Crippen LogP contribution is 2.62. The van der Waals surface area contributed by atoms with Gasteiger partial charge in [0.05, 0.1) is 54.1 Å². The molecular weight excluding hydrogens is 1130 g/mol. The van der Waals surface area contributed by atoms with Gasteiger partial charge in [0.2, 0.25) is 11.8 Å². The van der Waals surface area contributed by atoms with Crippen molar-refractivity contribution in [2.24, 2.45) is 23.7 Å². The smallest absolute Gasteiger partial charge is 0.309 e. The molecule has 4 aliphatic carbocycles. The number of fused-ring (bicyclic) bond motifs is 6. The van der Waals surface area contributed by atoms with Crippen molar-refractivity contribution in [3.8, 4) is 34.4 Å². The average Bonchev–Trinajstić information content (AvgIpc) is 1.74. The summed E-state index contributed by atoms with van der Waals surface area (Å²) in [5.74, 6) is 2.89. The number of halogens is 1. The van der Waals surface area contributed by atoms with Gasteiger partial charge in [-0.25, -0.2) is 9.97 Å². The van der Waals surface area contributed by atoms with Crippen LogP contribution in [0.2, 0.25) is 0 Å². The van der Waals surface area contributed by atoms with E-state index in [1.807, 2.05) is 99.8 Å². The summed E-state index contributed by atoms with van der Waals surface area (Å²) in [6.07, 6.45) is 6.54. The van der Waals surface area contributed by atoms with Crippen molar-refractivity contribution >= 4 is 41.2 Å². The average molecular weight is 1210 g/mol. The molecule has 0 spiro atoms. The second kappa shape index (κ2) is 27.0. The second-order valence-corrected chi connectivity index (χ2v) is 25.9. The third-order valence-electron chi connectivity index (χ3n) is 16.1. The Bertz CT molecular complexity index is 3230. The number of esters is 1. The van der Waals surface area contributed by atoms with Gasteiger partial charge in [0.15, 0.2) is 0 Å². The summed E-state index contributed by atoms with van der Waals surface area (Å²) in [4.78, 5) is 32.1. The van der Waals surface area contributed by atoms with Crippen LogP contribution in [0.15, 0.2) is 102 Å². The lowest BCUT2D eigenvalue weighted by Gasteiger charge is -2.31. The van der Waals surface area contributed by atoms with Crippen molar-refractivity contribution in [2.75, 3.05) is 19.8 Å². The number of aryl methyl sites for hydroxylation is 4. The van der Waals surface area contributed by atoms with Crippen LogP contribution in [0.25, 0.3) is 11.1 Å². The molecule has 2 saturated carbocycles. The van der Waals surface area contributed by atoms with Crippen molar-refractivity contribution in [3.63, 3.8) is 0 Å². The molecular formula is C68H84BBrN2O12. The highest BCUT2D eigenvalue weighted by Gasteiger charge is 2.61. The summed E-state index contributed by atoms with van der Waals surface area (Å²) in [6, 6.07) is 28.0. The molecule has 14 nitrogen and oxygen atoms in total. The number of pyridine rings is 2. The van der Waals surface area contributed by atoms with Gasteiger partial charge in [-0.05, 0) is 212 Å². The molecule has 2 fully saturated rings. The minimum Gasteiger partial charge on any atom is -0.493 e. The number of aliphatic hydroxyl groups is 4. The second-order valence-electron chi connectivity index (χ2n) is 25.1. The molecule has 2 heterocycles. The molecule has 10 rings (SSSR count). The predicted octanol–water partition coefficient (Wildman–Crippen LogP) is 11.5. The first-order chi connectivity index (χ1) is 39.3. The largest absolute Gasteiger partial charge is 0.493 e. The Morgan fingerprint density at radius 1 is 0.607 bits per heavy atom. The van der Waals surface area contributed by atoms with E-state index in [0.717, 1.165) is 73.2 Å². The Morgan fingerprint density at radius 3 is 1.49 bits per heavy atom. The summed E-state index contributed by atoms with van der Waals surface area (Å²) in [5.41, 5.74) is 10.9. The molecule has 0 bridgehead atoms. The number of hydrogen-bond acceptors (Lipinski definition) is 13. The number of carbonyl (C=O) groups is 2. The molecule has 0 unspecified atom stereocenters. The third kappa shape index (κ3) is 17.4. The Balaban J connectivity index is 0.000000181. The number of rotatable bonds is 19. The number of carboxylic acid groups (broad SMARTS) is 1. The zero-order valence-corrected chi connectivity index (χ0v) is 52.6. The van der Waals surface area contributed by atoms with Crippen LogP contribution in [0.5, 0.6) is 23.3 Å². The Labute approximate surface area is 505 Å². The summed E-state index contributed by atoms with van der Waals surface area (Å²) >= 11 is 3.52. The number of ether oxygens (including phenoxy) is 5. The molecule has 2 radical (unpaired) electrons. The van der Waals surface area contributed by atoms with E-state index in [0.29, 0.717) is 63.6 Å². The van der Waals surface area contributed by atoms with E-state index >= 15 is 0 Å². The summed E-state index contributed by atoms with van der Waals surface area (Å²) in [5, 5.41) is 47.0. The monoisotopic (exact) mass is 1210 g/mol. The number of nitrogens with zero attached hydrogens (tertiary/aromatic N) is 2. The molecule has 2 aromatic heterocycles. The Hall–Kier alpha value is -6.30. The van der Waals surface area contributed by atoms with E-state index in [-0.39, 0.29) is 35.6 Å². The minimum atomic E-state index is -1.01. The Kier molecular flexibility index (Phi) is 20.9. The summed E-state index contributed by atoms with van der Waals surface area (Å²) in [7, 11) is 5.77. The van der Waals surface area contributed by atoms with Gasteiger partial charge in [-0.15, -0.1) is 0 Å². The molecule has 0 aliphatic heterocycles. The molecule has 6 aromatic rings. The lowest BCUT2D eigenvalue weighted by molar-refractivity contribution is -0.145. The lowest BCUT2D eigenvalue weighted by atomic mass is 9.90. The number of aliphatic carboxylic acids is 1. The van der Waals surface area contributed by atoms with Crippen LogP contribution in [-0.2, 0) is 40.4 Å². The maximum absolute atomic E-state index is 11.9. The maximum Gasteiger partial charge on any atom is 0.309 e. The SMILES string of the molecule is CC(C)(O)C(C)(C)O.Cc1cc(OCCC(C)(C)O)cc(C)c1-c1cccc(COc2cc3c(cn2)[C@H]2[C@@H](C3)[C@@H]2C(=O)O)c1.Cc1cc(OCCC(C)(C)O)cc(C)c1Br.[B]c1cccc(COc2cc3c(cn2)[C@H]2[C@@H](C3)[C@@H]2C(=O)OCC)c1. The Morgan fingerprint density at radius 2 is 1.05 bits per heavy atom. The molecule has 448 valence electrons. The quantitative estimate of drug-likeness (QED) is 0.0378. The zero-order chi connectivity index (χ0) is 61.6. The number of aromatic nitrogens is 2. The van der Waals surface area contributed by atoms with Crippen LogP contribution in [0.4, 0.5) is 0 Å². The van der Waals surface area contributed by atoms with E-state index < -0.39 is 28.4 Å². The van der Waals surface area contributed by atoms with E-state index in [1.54, 1.807) is 61.6 Å². The maximum atomic E-state index is 11.9. The van der Waals surface area contributed by atoms with E-state index in [9.17, 15) is 24.9 Å². The van der Waals surface area contributed by atoms with Crippen LogP contribution in [0.3, 0.4) is 0 Å². The first-order valence-corrected chi connectivity index (χ1v) is 29.7. The topological polar surface area (TPSA) is 207 Å². The highest BCUT2D eigenvalue weighted by molar-refractivity contribution is 9.10. The summed E-state index contributed by atoms with van der Waals surface area (Å²) < 4.78 is 29.6. The van der Waals surface area contributed by atoms with Crippen LogP contribution < -0.4 is 24.4 Å². The molecule has 4 aromatic carbocycles. The molecule has 5 N–H and O–H groups in total. The van der Waals surface area contributed by atoms with Crippen LogP contribution >= 0.6 is 15.9 Å². The van der Waals surface area contributed by atoms with Crippen molar-refractivity contribution in [1.29, 1.82) is 0 Å². The third-order valence-corrected chi connectivity index (χ3v) is 17.4. The number of benzene rings is 4. The highest BCUT2D eigenvalue weighted by atomic mass is 79.9. The normalized spacial score (nSPS) is 18.8. The van der Waals surface area contributed by atoms with Crippen LogP contribution in [-0.4, -0.2) is 97.5 Å². The van der Waals surface area contributed by atoms with Crippen LogP contribution in [0.1, 0.15) is 143 Å². The van der Waals surface area contributed by atoms with E-state index in [2.05, 4.69) is 51.9 Å². The first kappa shape index (κ1) is 65.3. The van der Waals surface area contributed by atoms with E-state index in [4.69, 9.17) is 41.7 Å². The number of carboxylic acids is 1. The first-order valence-electron chi connectivity index (χ1n) is 28.9. The lowest BCUT2D eigenvalue weighted by Crippen LogP contribution is -2.44. The van der Waals surface area contributed by atoms with Gasteiger partial charge in [0.1, 0.15) is 32.6 Å². The number of carbonyl (C=O) groups excluding carboxylic acids is 1. The molecule has 0 saturated heterocycles. The van der Waals surface area contributed by atoms with Crippen molar-refractivity contribution in [2.45, 2.75) is 163 Å². The van der Waals surface area contributed by atoms with Gasteiger partial charge in [-0.3, -0.25) is 9.59 Å². The van der Waals surface area contributed by atoms with Crippen molar-refractivity contribution in [3.05, 3.63) is 157 Å². The summed E-state index contributed by atoms with van der Waals surface area (Å²) in [6.45, 7) is 25.8. The van der Waals surface area contributed by atoms with Gasteiger partial charge < -0.3 is 49.2 Å². The van der Waals surface area contributed by atoms with Gasteiger partial charge in [-0.2, -0.15) is 0 Å².